The van der Waals surface area contributed by atoms with Crippen molar-refractivity contribution >= 4 is 29.2 Å². The number of anilines is 1. The summed E-state index contributed by atoms with van der Waals surface area (Å²) in [5.41, 5.74) is 0.372. The third-order valence-corrected chi connectivity index (χ3v) is 2.90. The Morgan fingerprint density at radius 1 is 1.30 bits per heavy atom. The number of phenolic OH excluding ortho intramolecular Hbond substituents is 1. The number of hydrogen-bond acceptors (Lipinski definition) is 3. The maximum absolute atomic E-state index is 12.0. The van der Waals surface area contributed by atoms with Gasteiger partial charge < -0.3 is 20.1 Å². The van der Waals surface area contributed by atoms with Gasteiger partial charge in [0.25, 0.3) is 5.91 Å². The van der Waals surface area contributed by atoms with Crippen molar-refractivity contribution in [3.63, 3.8) is 0 Å². The lowest BCUT2D eigenvalue weighted by Crippen LogP contribution is -2.15. The summed E-state index contributed by atoms with van der Waals surface area (Å²) in [6, 6.07) is 5.16. The lowest BCUT2D eigenvalue weighted by Gasteiger charge is -2.08. The van der Waals surface area contributed by atoms with E-state index in [2.05, 4.69) is 5.32 Å². The van der Waals surface area contributed by atoms with Gasteiger partial charge in [-0.15, -0.1) is 0 Å². The number of carboxylic acids is 1. The Morgan fingerprint density at radius 2 is 2.00 bits per heavy atom. The molecule has 0 aliphatic carbocycles. The number of carbonyl (C=O) groups is 2. The molecule has 0 unspecified atom stereocenters. The van der Waals surface area contributed by atoms with Crippen LogP contribution in [0.1, 0.15) is 20.8 Å². The van der Waals surface area contributed by atoms with Gasteiger partial charge in [-0.1, -0.05) is 11.6 Å². The van der Waals surface area contributed by atoms with Crippen LogP contribution < -0.4 is 5.32 Å². The number of nitrogens with zero attached hydrogens (tertiary/aromatic N) is 1. The predicted molar refractivity (Wildman–Crippen MR) is 73.4 cm³/mol. The smallest absolute Gasteiger partial charge is 0.335 e. The molecule has 6 nitrogen and oxygen atoms in total. The van der Waals surface area contributed by atoms with Crippen molar-refractivity contribution < 1.29 is 19.8 Å². The van der Waals surface area contributed by atoms with Crippen LogP contribution in [-0.2, 0) is 7.05 Å². The lowest BCUT2D eigenvalue weighted by atomic mass is 10.2. The summed E-state index contributed by atoms with van der Waals surface area (Å²) in [4.78, 5) is 22.7. The van der Waals surface area contributed by atoms with Crippen LogP contribution >= 0.6 is 11.6 Å². The summed E-state index contributed by atoms with van der Waals surface area (Å²) in [7, 11) is 1.66. The van der Waals surface area contributed by atoms with E-state index in [0.717, 1.165) is 6.07 Å². The number of carboxylic acid groups (broad SMARTS) is 1. The second kappa shape index (κ2) is 5.26. The number of halogens is 1. The first-order valence-corrected chi connectivity index (χ1v) is 5.96. The Labute approximate surface area is 119 Å². The minimum Gasteiger partial charge on any atom is -0.506 e. The molecular weight excluding hydrogens is 284 g/mol. The molecule has 20 heavy (non-hydrogen) atoms. The van der Waals surface area contributed by atoms with E-state index in [1.807, 2.05) is 0 Å². The van der Waals surface area contributed by atoms with Gasteiger partial charge >= 0.3 is 5.97 Å². The van der Waals surface area contributed by atoms with Crippen LogP contribution in [-0.4, -0.2) is 26.7 Å². The average molecular weight is 295 g/mol. The quantitative estimate of drug-likeness (QED) is 0.758. The predicted octanol–water partition coefficient (Wildman–Crippen LogP) is 2.33. The maximum atomic E-state index is 12.0. The second-order valence-electron chi connectivity index (χ2n) is 4.15. The standard InChI is InChI=1S/C13H11ClN2O4/c1-16-6-8(14)5-10(16)12(18)15-9-3-2-7(13(19)20)4-11(9)17/h2-6,17H,1H3,(H,15,18)(H,19,20). The van der Waals surface area contributed by atoms with E-state index in [1.54, 1.807) is 17.8 Å². The molecular formula is C13H11ClN2O4. The summed E-state index contributed by atoms with van der Waals surface area (Å²) in [6.45, 7) is 0. The molecule has 0 spiro atoms. The first-order chi connectivity index (χ1) is 9.38. The van der Waals surface area contributed by atoms with Crippen LogP contribution in [0.4, 0.5) is 5.69 Å². The van der Waals surface area contributed by atoms with Crippen LogP contribution in [0.3, 0.4) is 0 Å². The zero-order valence-corrected chi connectivity index (χ0v) is 11.2. The van der Waals surface area contributed by atoms with E-state index in [-0.39, 0.29) is 17.0 Å². The molecule has 2 aromatic rings. The van der Waals surface area contributed by atoms with Crippen LogP contribution in [0.25, 0.3) is 0 Å². The van der Waals surface area contributed by atoms with E-state index < -0.39 is 11.9 Å². The molecule has 7 heteroatoms. The monoisotopic (exact) mass is 294 g/mol. The Hall–Kier alpha value is -2.47. The molecule has 0 bridgehead atoms. The van der Waals surface area contributed by atoms with Crippen molar-refractivity contribution in [2.75, 3.05) is 5.32 Å². The Bertz CT molecular complexity index is 694. The van der Waals surface area contributed by atoms with Gasteiger partial charge in [0.2, 0.25) is 0 Å². The Balaban J connectivity index is 2.24. The number of aromatic nitrogens is 1. The molecule has 1 amide bonds. The van der Waals surface area contributed by atoms with Gasteiger partial charge in [0.1, 0.15) is 11.4 Å². The van der Waals surface area contributed by atoms with Crippen molar-refractivity contribution in [3.05, 3.63) is 46.7 Å². The number of hydrogen-bond donors (Lipinski definition) is 3. The fourth-order valence-electron chi connectivity index (χ4n) is 1.71. The van der Waals surface area contributed by atoms with E-state index in [4.69, 9.17) is 16.7 Å². The number of carbonyl (C=O) groups excluding carboxylic acids is 1. The molecule has 1 aromatic heterocycles. The summed E-state index contributed by atoms with van der Waals surface area (Å²) in [5, 5.41) is 21.4. The highest BCUT2D eigenvalue weighted by Crippen LogP contribution is 2.25. The molecule has 0 aliphatic heterocycles. The van der Waals surface area contributed by atoms with Crippen molar-refractivity contribution in [2.45, 2.75) is 0 Å². The first-order valence-electron chi connectivity index (χ1n) is 5.58. The molecule has 1 heterocycles. The van der Waals surface area contributed by atoms with Crippen LogP contribution in [0.15, 0.2) is 30.5 Å². The number of nitrogens with one attached hydrogen (secondary N) is 1. The summed E-state index contributed by atoms with van der Waals surface area (Å²) in [6.07, 6.45) is 1.57. The van der Waals surface area contributed by atoms with E-state index >= 15 is 0 Å². The number of phenols is 1. The normalized spacial score (nSPS) is 10.3. The topological polar surface area (TPSA) is 91.6 Å². The molecule has 2 rings (SSSR count). The molecule has 1 aromatic carbocycles. The zero-order valence-electron chi connectivity index (χ0n) is 10.4. The fraction of sp³-hybridized carbons (Fsp3) is 0.0769. The summed E-state index contributed by atoms with van der Waals surface area (Å²) >= 11 is 5.78. The minimum atomic E-state index is -1.16. The van der Waals surface area contributed by atoms with Crippen molar-refractivity contribution in [1.29, 1.82) is 0 Å². The molecule has 3 N–H and O–H groups in total. The third kappa shape index (κ3) is 2.75. The number of aromatic carboxylic acids is 1. The maximum Gasteiger partial charge on any atom is 0.335 e. The summed E-state index contributed by atoms with van der Waals surface area (Å²) in [5.74, 6) is -1.94. The van der Waals surface area contributed by atoms with Gasteiger partial charge in [-0.3, -0.25) is 4.79 Å². The minimum absolute atomic E-state index is 0.0672. The van der Waals surface area contributed by atoms with Gasteiger partial charge in [0.15, 0.2) is 0 Å². The van der Waals surface area contributed by atoms with Crippen molar-refractivity contribution in [1.82, 2.24) is 4.57 Å². The Kier molecular flexibility index (Phi) is 3.67. The molecule has 0 atom stereocenters. The number of amides is 1. The fourth-order valence-corrected chi connectivity index (χ4v) is 1.96. The number of aryl methyl sites for hydroxylation is 1. The summed E-state index contributed by atoms with van der Waals surface area (Å²) < 4.78 is 1.54. The highest BCUT2D eigenvalue weighted by atomic mass is 35.5. The van der Waals surface area contributed by atoms with Crippen molar-refractivity contribution in [2.24, 2.45) is 7.05 Å². The Morgan fingerprint density at radius 3 is 2.50 bits per heavy atom. The highest BCUT2D eigenvalue weighted by Gasteiger charge is 2.14. The van der Waals surface area contributed by atoms with Crippen LogP contribution in [0.5, 0.6) is 5.75 Å². The molecule has 104 valence electrons. The van der Waals surface area contributed by atoms with Gasteiger partial charge in [0, 0.05) is 13.2 Å². The zero-order chi connectivity index (χ0) is 14.9. The van der Waals surface area contributed by atoms with E-state index in [1.165, 1.54) is 18.2 Å². The highest BCUT2D eigenvalue weighted by molar-refractivity contribution is 6.31. The molecule has 0 fully saturated rings. The lowest BCUT2D eigenvalue weighted by molar-refractivity contribution is 0.0696. The largest absolute Gasteiger partial charge is 0.506 e. The average Bonchev–Trinajstić information content (AvgIpc) is 2.70. The van der Waals surface area contributed by atoms with Crippen LogP contribution in [0, 0.1) is 0 Å². The van der Waals surface area contributed by atoms with Gasteiger partial charge in [-0.25, -0.2) is 4.79 Å². The number of benzene rings is 1. The van der Waals surface area contributed by atoms with Crippen LogP contribution in [0.2, 0.25) is 5.02 Å². The van der Waals surface area contributed by atoms with E-state index in [0.29, 0.717) is 10.7 Å². The third-order valence-electron chi connectivity index (χ3n) is 2.70. The number of aromatic hydroxyl groups is 1. The second-order valence-corrected chi connectivity index (χ2v) is 4.58. The van der Waals surface area contributed by atoms with Gasteiger partial charge in [-0.2, -0.15) is 0 Å². The first kappa shape index (κ1) is 14.0. The molecule has 0 saturated carbocycles. The van der Waals surface area contributed by atoms with E-state index in [9.17, 15) is 14.7 Å². The number of rotatable bonds is 3. The van der Waals surface area contributed by atoms with Crippen molar-refractivity contribution in [3.8, 4) is 5.75 Å². The van der Waals surface area contributed by atoms with Gasteiger partial charge in [0.05, 0.1) is 16.3 Å². The molecule has 0 radical (unpaired) electrons. The van der Waals surface area contributed by atoms with Gasteiger partial charge in [-0.05, 0) is 24.3 Å². The molecule has 0 aliphatic rings. The SMILES string of the molecule is Cn1cc(Cl)cc1C(=O)Nc1ccc(C(=O)O)cc1O. The molecule has 0 saturated heterocycles.